The molecule has 3 heteroatoms. The van der Waals surface area contributed by atoms with E-state index in [-0.39, 0.29) is 6.61 Å². The van der Waals surface area contributed by atoms with Gasteiger partial charge in [-0.25, -0.2) is 0 Å². The van der Waals surface area contributed by atoms with E-state index in [2.05, 4.69) is 17.6 Å². The van der Waals surface area contributed by atoms with Gasteiger partial charge >= 0.3 is 0 Å². The van der Waals surface area contributed by atoms with Crippen molar-refractivity contribution in [1.82, 2.24) is 10.6 Å². The van der Waals surface area contributed by atoms with Crippen LogP contribution in [0.4, 0.5) is 0 Å². The third-order valence-electron chi connectivity index (χ3n) is 2.87. The zero-order valence-corrected chi connectivity index (χ0v) is 8.55. The van der Waals surface area contributed by atoms with Crippen LogP contribution in [0.5, 0.6) is 0 Å². The standard InChI is InChI=1S/C10H22N2O/c1-2-10(8-13)12-7-9-3-5-11-6-4-9/h9-13H,2-8H2,1H3/t10-/m0/s1. The van der Waals surface area contributed by atoms with E-state index < -0.39 is 0 Å². The Balaban J connectivity index is 2.09. The molecule has 3 N–H and O–H groups in total. The van der Waals surface area contributed by atoms with Gasteiger partial charge in [0.25, 0.3) is 0 Å². The smallest absolute Gasteiger partial charge is 0.0584 e. The van der Waals surface area contributed by atoms with Gasteiger partial charge in [-0.05, 0) is 44.8 Å². The lowest BCUT2D eigenvalue weighted by Crippen LogP contribution is -2.39. The number of rotatable bonds is 5. The highest BCUT2D eigenvalue weighted by Gasteiger charge is 2.13. The Morgan fingerprint density at radius 2 is 2.15 bits per heavy atom. The zero-order chi connectivity index (χ0) is 9.52. The first-order valence-corrected chi connectivity index (χ1v) is 5.41. The van der Waals surface area contributed by atoms with Gasteiger partial charge in [-0.15, -0.1) is 0 Å². The molecule has 0 saturated carbocycles. The van der Waals surface area contributed by atoms with Crippen molar-refractivity contribution in [2.75, 3.05) is 26.2 Å². The first kappa shape index (κ1) is 11.0. The molecule has 13 heavy (non-hydrogen) atoms. The highest BCUT2D eigenvalue weighted by atomic mass is 16.3. The van der Waals surface area contributed by atoms with Gasteiger partial charge in [0.05, 0.1) is 6.61 Å². The van der Waals surface area contributed by atoms with E-state index in [1.54, 1.807) is 0 Å². The molecule has 3 nitrogen and oxygen atoms in total. The van der Waals surface area contributed by atoms with Crippen molar-refractivity contribution in [2.45, 2.75) is 32.2 Å². The fourth-order valence-electron chi connectivity index (χ4n) is 1.76. The summed E-state index contributed by atoms with van der Waals surface area (Å²) in [5.41, 5.74) is 0. The van der Waals surface area contributed by atoms with E-state index in [1.807, 2.05) is 0 Å². The molecule has 1 saturated heterocycles. The Bertz CT molecular complexity index is 120. The van der Waals surface area contributed by atoms with Crippen LogP contribution in [-0.4, -0.2) is 37.4 Å². The number of aliphatic hydroxyl groups is 1. The van der Waals surface area contributed by atoms with Crippen molar-refractivity contribution < 1.29 is 5.11 Å². The monoisotopic (exact) mass is 186 g/mol. The second-order valence-corrected chi connectivity index (χ2v) is 3.89. The quantitative estimate of drug-likeness (QED) is 0.580. The topological polar surface area (TPSA) is 44.3 Å². The van der Waals surface area contributed by atoms with Crippen molar-refractivity contribution >= 4 is 0 Å². The van der Waals surface area contributed by atoms with Crippen LogP contribution in [-0.2, 0) is 0 Å². The maximum absolute atomic E-state index is 8.98. The van der Waals surface area contributed by atoms with Crippen LogP contribution in [0.1, 0.15) is 26.2 Å². The Morgan fingerprint density at radius 3 is 2.69 bits per heavy atom. The van der Waals surface area contributed by atoms with E-state index in [4.69, 9.17) is 5.11 Å². The number of piperidine rings is 1. The molecule has 0 aromatic carbocycles. The average Bonchev–Trinajstić information content (AvgIpc) is 2.21. The lowest BCUT2D eigenvalue weighted by molar-refractivity contribution is 0.227. The average molecular weight is 186 g/mol. The molecule has 1 fully saturated rings. The molecule has 0 aromatic heterocycles. The van der Waals surface area contributed by atoms with E-state index in [1.165, 1.54) is 12.8 Å². The predicted molar refractivity (Wildman–Crippen MR) is 54.8 cm³/mol. The van der Waals surface area contributed by atoms with Crippen LogP contribution < -0.4 is 10.6 Å². The molecular weight excluding hydrogens is 164 g/mol. The minimum atomic E-state index is 0.265. The summed E-state index contributed by atoms with van der Waals surface area (Å²) in [6.45, 7) is 5.75. The third kappa shape index (κ3) is 4.07. The maximum atomic E-state index is 8.98. The molecular formula is C10H22N2O. The Hall–Kier alpha value is -0.120. The number of nitrogens with one attached hydrogen (secondary N) is 2. The fourth-order valence-corrected chi connectivity index (χ4v) is 1.76. The van der Waals surface area contributed by atoms with Crippen molar-refractivity contribution in [3.05, 3.63) is 0 Å². The zero-order valence-electron chi connectivity index (χ0n) is 8.55. The van der Waals surface area contributed by atoms with Crippen LogP contribution >= 0.6 is 0 Å². The summed E-state index contributed by atoms with van der Waals surface area (Å²) in [5.74, 6) is 0.807. The highest BCUT2D eigenvalue weighted by molar-refractivity contribution is 4.73. The summed E-state index contributed by atoms with van der Waals surface area (Å²) in [7, 11) is 0. The molecule has 1 rings (SSSR count). The van der Waals surface area contributed by atoms with Gasteiger partial charge in [-0.3, -0.25) is 0 Å². The summed E-state index contributed by atoms with van der Waals surface area (Å²) in [5, 5.41) is 15.7. The molecule has 0 aromatic rings. The predicted octanol–water partition coefficient (Wildman–Crippen LogP) is 0.346. The third-order valence-corrected chi connectivity index (χ3v) is 2.87. The van der Waals surface area contributed by atoms with Crippen LogP contribution in [0, 0.1) is 5.92 Å². The normalized spacial score (nSPS) is 21.7. The summed E-state index contributed by atoms with van der Waals surface area (Å²) >= 11 is 0. The van der Waals surface area contributed by atoms with Crippen LogP contribution in [0.2, 0.25) is 0 Å². The molecule has 78 valence electrons. The minimum absolute atomic E-state index is 0.265. The summed E-state index contributed by atoms with van der Waals surface area (Å²) < 4.78 is 0. The molecule has 0 unspecified atom stereocenters. The second-order valence-electron chi connectivity index (χ2n) is 3.89. The summed E-state index contributed by atoms with van der Waals surface area (Å²) in [6.07, 6.45) is 3.56. The maximum Gasteiger partial charge on any atom is 0.0584 e. The van der Waals surface area contributed by atoms with Gasteiger partial charge in [0.2, 0.25) is 0 Å². The van der Waals surface area contributed by atoms with E-state index in [0.29, 0.717) is 6.04 Å². The first-order valence-electron chi connectivity index (χ1n) is 5.41. The molecule has 1 aliphatic heterocycles. The number of hydrogen-bond donors (Lipinski definition) is 3. The van der Waals surface area contributed by atoms with Gasteiger partial charge in [0.15, 0.2) is 0 Å². The van der Waals surface area contributed by atoms with Crippen molar-refractivity contribution in [3.63, 3.8) is 0 Å². The lowest BCUT2D eigenvalue weighted by Gasteiger charge is -2.25. The van der Waals surface area contributed by atoms with Gasteiger partial charge in [-0.2, -0.15) is 0 Å². The molecule has 0 bridgehead atoms. The molecule has 1 heterocycles. The van der Waals surface area contributed by atoms with Crippen LogP contribution in [0.3, 0.4) is 0 Å². The molecule has 0 radical (unpaired) electrons. The first-order chi connectivity index (χ1) is 6.36. The Labute approximate surface area is 80.9 Å². The van der Waals surface area contributed by atoms with Crippen molar-refractivity contribution in [1.29, 1.82) is 0 Å². The molecule has 0 spiro atoms. The minimum Gasteiger partial charge on any atom is -0.395 e. The lowest BCUT2D eigenvalue weighted by atomic mass is 9.98. The second kappa shape index (κ2) is 6.35. The largest absolute Gasteiger partial charge is 0.395 e. The van der Waals surface area contributed by atoms with Gasteiger partial charge in [0, 0.05) is 6.04 Å². The molecule has 1 atom stereocenters. The highest BCUT2D eigenvalue weighted by Crippen LogP contribution is 2.10. The summed E-state index contributed by atoms with van der Waals surface area (Å²) in [4.78, 5) is 0. The summed E-state index contributed by atoms with van der Waals surface area (Å²) in [6, 6.07) is 0.301. The number of aliphatic hydroxyl groups excluding tert-OH is 1. The van der Waals surface area contributed by atoms with Crippen molar-refractivity contribution in [3.8, 4) is 0 Å². The van der Waals surface area contributed by atoms with E-state index in [9.17, 15) is 0 Å². The molecule has 0 amide bonds. The Morgan fingerprint density at radius 1 is 1.46 bits per heavy atom. The van der Waals surface area contributed by atoms with E-state index >= 15 is 0 Å². The van der Waals surface area contributed by atoms with Gasteiger partial charge < -0.3 is 15.7 Å². The molecule has 1 aliphatic rings. The van der Waals surface area contributed by atoms with Gasteiger partial charge in [0.1, 0.15) is 0 Å². The van der Waals surface area contributed by atoms with Gasteiger partial charge in [-0.1, -0.05) is 6.92 Å². The Kier molecular flexibility index (Phi) is 5.35. The fraction of sp³-hybridized carbons (Fsp3) is 1.00. The van der Waals surface area contributed by atoms with E-state index in [0.717, 1.165) is 32.0 Å². The SMILES string of the molecule is CC[C@@H](CO)NCC1CCNCC1. The van der Waals surface area contributed by atoms with Crippen molar-refractivity contribution in [2.24, 2.45) is 5.92 Å². The van der Waals surface area contributed by atoms with Crippen LogP contribution in [0.25, 0.3) is 0 Å². The van der Waals surface area contributed by atoms with Crippen LogP contribution in [0.15, 0.2) is 0 Å². The molecule has 0 aliphatic carbocycles. The number of hydrogen-bond acceptors (Lipinski definition) is 3.